The van der Waals surface area contributed by atoms with E-state index in [1.54, 1.807) is 48.5 Å². The number of hydrogen-bond donors (Lipinski definition) is 1. The Morgan fingerprint density at radius 3 is 2.34 bits per heavy atom. The van der Waals surface area contributed by atoms with E-state index in [-0.39, 0.29) is 28.4 Å². The van der Waals surface area contributed by atoms with E-state index < -0.39 is 10.8 Å². The molecular formula is C29H23ClN4O6S. The maximum absolute atomic E-state index is 12.9. The third-order valence-corrected chi connectivity index (χ3v) is 7.18. The topological polar surface area (TPSA) is 137 Å². The molecule has 0 saturated carbocycles. The van der Waals surface area contributed by atoms with Crippen LogP contribution in [0, 0.1) is 21.4 Å². The average Bonchev–Trinajstić information content (AvgIpc) is 2.99. The van der Waals surface area contributed by atoms with Crippen molar-refractivity contribution in [2.75, 3.05) is 32.4 Å². The molecule has 0 spiro atoms. The predicted molar refractivity (Wildman–Crippen MR) is 157 cm³/mol. The minimum Gasteiger partial charge on any atom is -0.496 e. The smallest absolute Gasteiger partial charge is 0.296 e. The highest BCUT2D eigenvalue weighted by molar-refractivity contribution is 8.00. The van der Waals surface area contributed by atoms with Crippen LogP contribution in [0.25, 0.3) is 22.4 Å². The summed E-state index contributed by atoms with van der Waals surface area (Å²) in [6.45, 7) is 0. The summed E-state index contributed by atoms with van der Waals surface area (Å²) in [5.74, 6) is 0.613. The van der Waals surface area contributed by atoms with Gasteiger partial charge in [0.05, 0.1) is 49.3 Å². The molecule has 1 aromatic heterocycles. The van der Waals surface area contributed by atoms with Gasteiger partial charge in [-0.3, -0.25) is 14.9 Å². The first-order valence-electron chi connectivity index (χ1n) is 12.0. The number of nitro benzene ring substituents is 1. The van der Waals surface area contributed by atoms with E-state index >= 15 is 0 Å². The first-order chi connectivity index (χ1) is 19.8. The molecule has 0 aliphatic carbocycles. The molecular weight excluding hydrogens is 568 g/mol. The van der Waals surface area contributed by atoms with E-state index in [2.05, 4.69) is 11.4 Å². The van der Waals surface area contributed by atoms with Crippen LogP contribution in [0.2, 0.25) is 5.02 Å². The van der Waals surface area contributed by atoms with Crippen LogP contribution in [0.5, 0.6) is 17.2 Å². The molecule has 1 heterocycles. The summed E-state index contributed by atoms with van der Waals surface area (Å²) in [6.07, 6.45) is 0. The normalized spacial score (nSPS) is 10.4. The summed E-state index contributed by atoms with van der Waals surface area (Å²) < 4.78 is 15.8. The first kappa shape index (κ1) is 29.2. The Balaban J connectivity index is 1.72. The van der Waals surface area contributed by atoms with Crippen LogP contribution in [0.1, 0.15) is 5.56 Å². The van der Waals surface area contributed by atoms with Gasteiger partial charge in [-0.1, -0.05) is 41.6 Å². The van der Waals surface area contributed by atoms with E-state index in [1.807, 2.05) is 0 Å². The summed E-state index contributed by atoms with van der Waals surface area (Å²) in [5, 5.41) is 25.1. The fourth-order valence-electron chi connectivity index (χ4n) is 3.95. The van der Waals surface area contributed by atoms with E-state index in [9.17, 15) is 20.2 Å². The molecule has 3 aromatic carbocycles. The number of methoxy groups -OCH3 is 3. The summed E-state index contributed by atoms with van der Waals surface area (Å²) in [7, 11) is 4.44. The van der Waals surface area contributed by atoms with Crippen LogP contribution in [-0.2, 0) is 4.79 Å². The molecule has 0 radical (unpaired) electrons. The molecule has 1 amide bonds. The fraction of sp³-hybridized carbons (Fsp3) is 0.138. The Morgan fingerprint density at radius 2 is 1.71 bits per heavy atom. The third kappa shape index (κ3) is 6.69. The number of ether oxygens (including phenoxy) is 3. The molecule has 0 atom stereocenters. The maximum Gasteiger partial charge on any atom is 0.296 e. The van der Waals surface area contributed by atoms with Crippen molar-refractivity contribution in [2.45, 2.75) is 5.03 Å². The zero-order valence-electron chi connectivity index (χ0n) is 22.1. The molecule has 12 heteroatoms. The molecule has 4 aromatic rings. The SMILES string of the molecule is COc1ccc(NC(=O)CSc2nc(-c3ccc(Cl)cc3)cc(-c3ccc(OC)c(OC)c3)c2C#N)c([N+](=O)[O-])c1. The molecule has 0 aliphatic heterocycles. The number of halogens is 1. The largest absolute Gasteiger partial charge is 0.496 e. The number of carbonyl (C=O) groups excluding carboxylic acids is 1. The Hall–Kier alpha value is -4.79. The van der Waals surface area contributed by atoms with Gasteiger partial charge in [-0.25, -0.2) is 4.98 Å². The van der Waals surface area contributed by atoms with E-state index in [1.165, 1.54) is 39.5 Å². The molecule has 0 aliphatic rings. The number of pyridine rings is 1. The zero-order valence-corrected chi connectivity index (χ0v) is 23.7. The average molecular weight is 591 g/mol. The lowest BCUT2D eigenvalue weighted by Crippen LogP contribution is -2.15. The van der Waals surface area contributed by atoms with Crippen LogP contribution >= 0.6 is 23.4 Å². The summed E-state index contributed by atoms with van der Waals surface area (Å²) in [4.78, 5) is 28.5. The highest BCUT2D eigenvalue weighted by atomic mass is 35.5. The van der Waals surface area contributed by atoms with Gasteiger partial charge in [-0.15, -0.1) is 0 Å². The van der Waals surface area contributed by atoms with Crippen molar-refractivity contribution in [1.29, 1.82) is 5.26 Å². The lowest BCUT2D eigenvalue weighted by Gasteiger charge is -2.14. The van der Waals surface area contributed by atoms with Crippen molar-refractivity contribution in [3.63, 3.8) is 0 Å². The maximum atomic E-state index is 12.9. The second-order valence-corrected chi connectivity index (χ2v) is 9.80. The Kier molecular flexibility index (Phi) is 9.29. The third-order valence-electron chi connectivity index (χ3n) is 5.95. The van der Waals surface area contributed by atoms with Gasteiger partial charge >= 0.3 is 0 Å². The van der Waals surface area contributed by atoms with Crippen LogP contribution < -0.4 is 19.5 Å². The lowest BCUT2D eigenvalue weighted by atomic mass is 9.99. The van der Waals surface area contributed by atoms with Crippen molar-refractivity contribution in [3.05, 3.63) is 87.4 Å². The number of rotatable bonds is 10. The monoisotopic (exact) mass is 590 g/mol. The van der Waals surface area contributed by atoms with Gasteiger partial charge < -0.3 is 19.5 Å². The number of nitro groups is 1. The number of aromatic nitrogens is 1. The number of nitrogens with zero attached hydrogens (tertiary/aromatic N) is 3. The van der Waals surface area contributed by atoms with Gasteiger partial charge in [-0.2, -0.15) is 5.26 Å². The van der Waals surface area contributed by atoms with Crippen molar-refractivity contribution < 1.29 is 23.9 Å². The standard InChI is InChI=1S/C29H23ClN4O6S/c1-38-20-9-10-23(25(13-20)34(36)37)32-28(35)16-41-29-22(15-31)21(18-6-11-26(39-2)27(12-18)40-3)14-24(33-29)17-4-7-19(30)8-5-17/h4-14H,16H2,1-3H3,(H,32,35). The number of carbonyl (C=O) groups is 1. The molecule has 0 bridgehead atoms. The number of nitriles is 1. The van der Waals surface area contributed by atoms with Crippen LogP contribution in [-0.4, -0.2) is 42.9 Å². The second-order valence-electron chi connectivity index (χ2n) is 8.40. The molecule has 1 N–H and O–H groups in total. The number of nitrogens with one attached hydrogen (secondary N) is 1. The van der Waals surface area contributed by atoms with E-state index in [0.717, 1.165) is 17.3 Å². The molecule has 41 heavy (non-hydrogen) atoms. The van der Waals surface area contributed by atoms with Gasteiger partial charge in [0.2, 0.25) is 5.91 Å². The van der Waals surface area contributed by atoms with Crippen molar-refractivity contribution in [1.82, 2.24) is 4.98 Å². The number of amides is 1. The Labute approximate surface area is 245 Å². The van der Waals surface area contributed by atoms with Gasteiger partial charge in [0, 0.05) is 16.1 Å². The minimum atomic E-state index is -0.606. The summed E-state index contributed by atoms with van der Waals surface area (Å²) in [5.41, 5.74) is 2.52. The Morgan fingerprint density at radius 1 is 1.00 bits per heavy atom. The molecule has 10 nitrogen and oxygen atoms in total. The fourth-order valence-corrected chi connectivity index (χ4v) is 4.88. The van der Waals surface area contributed by atoms with E-state index in [4.69, 9.17) is 30.8 Å². The predicted octanol–water partition coefficient (Wildman–Crippen LogP) is 6.61. The second kappa shape index (κ2) is 13.0. The number of hydrogen-bond acceptors (Lipinski definition) is 9. The van der Waals surface area contributed by atoms with Gasteiger partial charge in [0.1, 0.15) is 22.5 Å². The van der Waals surface area contributed by atoms with Gasteiger partial charge in [0.25, 0.3) is 5.69 Å². The molecule has 0 saturated heterocycles. The van der Waals surface area contributed by atoms with Crippen LogP contribution in [0.3, 0.4) is 0 Å². The lowest BCUT2D eigenvalue weighted by molar-refractivity contribution is -0.384. The van der Waals surface area contributed by atoms with Crippen molar-refractivity contribution >= 4 is 40.6 Å². The highest BCUT2D eigenvalue weighted by Crippen LogP contribution is 2.38. The number of anilines is 1. The quantitative estimate of drug-likeness (QED) is 0.123. The number of thioether (sulfide) groups is 1. The summed E-state index contributed by atoms with van der Waals surface area (Å²) >= 11 is 7.12. The highest BCUT2D eigenvalue weighted by Gasteiger charge is 2.21. The molecule has 0 unspecified atom stereocenters. The van der Waals surface area contributed by atoms with Gasteiger partial charge in [0.15, 0.2) is 11.5 Å². The van der Waals surface area contributed by atoms with Crippen LogP contribution in [0.4, 0.5) is 11.4 Å². The zero-order chi connectivity index (χ0) is 29.5. The minimum absolute atomic E-state index is 0.0239. The molecule has 0 fully saturated rings. The molecule has 208 valence electrons. The van der Waals surface area contributed by atoms with Crippen molar-refractivity contribution in [2.24, 2.45) is 0 Å². The Bertz CT molecular complexity index is 1660. The van der Waals surface area contributed by atoms with Crippen LogP contribution in [0.15, 0.2) is 71.8 Å². The van der Waals surface area contributed by atoms with Gasteiger partial charge in [-0.05, 0) is 48.0 Å². The van der Waals surface area contributed by atoms with Crippen molar-refractivity contribution in [3.8, 4) is 45.7 Å². The molecule has 4 rings (SSSR count). The summed E-state index contributed by atoms with van der Waals surface area (Å²) in [6, 6.07) is 20.5. The van der Waals surface area contributed by atoms with E-state index in [0.29, 0.717) is 38.4 Å². The number of benzene rings is 3. The first-order valence-corrected chi connectivity index (χ1v) is 13.3.